The van der Waals surface area contributed by atoms with Gasteiger partial charge in [0, 0.05) is 19.4 Å². The molecule has 1 aromatic heterocycles. The van der Waals surface area contributed by atoms with Crippen LogP contribution in [0.1, 0.15) is 31.7 Å². The molecule has 0 saturated carbocycles. The van der Waals surface area contributed by atoms with Crippen LogP contribution in [-0.4, -0.2) is 34.1 Å². The predicted molar refractivity (Wildman–Crippen MR) is 112 cm³/mol. The third kappa shape index (κ3) is 5.91. The van der Waals surface area contributed by atoms with Crippen molar-refractivity contribution in [3.63, 3.8) is 0 Å². The molecule has 0 fully saturated rings. The fourth-order valence-electron chi connectivity index (χ4n) is 3.23. The summed E-state index contributed by atoms with van der Waals surface area (Å²) in [5, 5.41) is 2.95. The summed E-state index contributed by atoms with van der Waals surface area (Å²) in [6.07, 6.45) is 1.54. The number of hydrogen-bond donors (Lipinski definition) is 1. The zero-order chi connectivity index (χ0) is 20.6. The first-order chi connectivity index (χ1) is 14.0. The normalized spacial score (nSPS) is 11.0. The average Bonchev–Trinajstić information content (AvgIpc) is 3.04. The number of nitrogens with one attached hydrogen (secondary N) is 1. The molecule has 0 unspecified atom stereocenters. The third-order valence-corrected chi connectivity index (χ3v) is 4.54. The molecule has 0 aliphatic heterocycles. The molecule has 0 atom stereocenters. The van der Waals surface area contributed by atoms with Gasteiger partial charge in [-0.25, -0.2) is 4.98 Å². The van der Waals surface area contributed by atoms with E-state index in [1.165, 1.54) is 0 Å². The summed E-state index contributed by atoms with van der Waals surface area (Å²) in [6, 6.07) is 17.6. The Morgan fingerprint density at radius 2 is 1.76 bits per heavy atom. The van der Waals surface area contributed by atoms with Gasteiger partial charge in [0.2, 0.25) is 5.91 Å². The summed E-state index contributed by atoms with van der Waals surface area (Å²) in [4.78, 5) is 29.0. The fourth-order valence-corrected chi connectivity index (χ4v) is 3.23. The number of amides is 1. The molecule has 0 aliphatic carbocycles. The Morgan fingerprint density at radius 3 is 2.52 bits per heavy atom. The molecular weight excluding hydrogens is 366 g/mol. The Labute approximate surface area is 170 Å². The largest absolute Gasteiger partial charge is 0.462 e. The first-order valence-corrected chi connectivity index (χ1v) is 9.97. The molecule has 0 radical (unpaired) electrons. The van der Waals surface area contributed by atoms with Crippen LogP contribution in [0.4, 0.5) is 0 Å². The lowest BCUT2D eigenvalue weighted by atomic mass is 10.1. The minimum absolute atomic E-state index is 0.00994. The van der Waals surface area contributed by atoms with Crippen molar-refractivity contribution in [3.8, 4) is 0 Å². The maximum absolute atomic E-state index is 12.2. The van der Waals surface area contributed by atoms with Crippen molar-refractivity contribution >= 4 is 22.9 Å². The van der Waals surface area contributed by atoms with Crippen LogP contribution in [0.15, 0.2) is 54.6 Å². The van der Waals surface area contributed by atoms with Gasteiger partial charge in [-0.05, 0) is 38.0 Å². The summed E-state index contributed by atoms with van der Waals surface area (Å²) in [5.74, 6) is 0.474. The van der Waals surface area contributed by atoms with Crippen molar-refractivity contribution < 1.29 is 14.3 Å². The van der Waals surface area contributed by atoms with Crippen molar-refractivity contribution in [1.29, 1.82) is 0 Å². The molecule has 6 heteroatoms. The number of hydrogen-bond acceptors (Lipinski definition) is 4. The quantitative estimate of drug-likeness (QED) is 0.566. The van der Waals surface area contributed by atoms with E-state index in [1.54, 1.807) is 0 Å². The lowest BCUT2D eigenvalue weighted by Gasteiger charge is -2.12. The second-order valence-electron chi connectivity index (χ2n) is 7.23. The number of para-hydroxylation sites is 2. The highest BCUT2D eigenvalue weighted by Crippen LogP contribution is 2.16. The number of ether oxygens (including phenoxy) is 1. The lowest BCUT2D eigenvalue weighted by molar-refractivity contribution is -0.148. The molecule has 0 spiro atoms. The zero-order valence-corrected chi connectivity index (χ0v) is 16.9. The van der Waals surface area contributed by atoms with Crippen LogP contribution in [0.5, 0.6) is 0 Å². The van der Waals surface area contributed by atoms with Gasteiger partial charge in [0.15, 0.2) is 0 Å². The third-order valence-electron chi connectivity index (χ3n) is 4.54. The highest BCUT2D eigenvalue weighted by molar-refractivity contribution is 5.79. The molecule has 6 nitrogen and oxygen atoms in total. The van der Waals surface area contributed by atoms with Gasteiger partial charge in [0.1, 0.15) is 12.4 Å². The SMILES string of the molecule is CC(C)OC(=O)Cn1c(CCNC(=O)CCc2ccccc2)nc2ccccc21. The second-order valence-corrected chi connectivity index (χ2v) is 7.23. The van der Waals surface area contributed by atoms with E-state index in [-0.39, 0.29) is 24.5 Å². The Balaban J connectivity index is 1.59. The number of aryl methyl sites for hydroxylation is 1. The van der Waals surface area contributed by atoms with Gasteiger partial charge < -0.3 is 14.6 Å². The number of imidazole rings is 1. The molecule has 1 amide bonds. The molecule has 0 aliphatic rings. The van der Waals surface area contributed by atoms with E-state index in [1.807, 2.05) is 73.0 Å². The molecule has 29 heavy (non-hydrogen) atoms. The summed E-state index contributed by atoms with van der Waals surface area (Å²) in [7, 11) is 0. The number of aromatic nitrogens is 2. The van der Waals surface area contributed by atoms with Gasteiger partial charge in [0.25, 0.3) is 0 Å². The number of benzene rings is 2. The lowest BCUT2D eigenvalue weighted by Crippen LogP contribution is -2.27. The topological polar surface area (TPSA) is 73.2 Å². The summed E-state index contributed by atoms with van der Waals surface area (Å²) < 4.78 is 7.16. The maximum Gasteiger partial charge on any atom is 0.326 e. The van der Waals surface area contributed by atoms with Crippen LogP contribution in [0.3, 0.4) is 0 Å². The second kappa shape index (κ2) is 9.87. The van der Waals surface area contributed by atoms with Crippen LogP contribution in [0, 0.1) is 0 Å². The van der Waals surface area contributed by atoms with Crippen molar-refractivity contribution in [3.05, 3.63) is 66.0 Å². The van der Waals surface area contributed by atoms with Crippen LogP contribution >= 0.6 is 0 Å². The molecule has 3 aromatic rings. The van der Waals surface area contributed by atoms with Gasteiger partial charge in [0.05, 0.1) is 17.1 Å². The summed E-state index contributed by atoms with van der Waals surface area (Å²) in [6.45, 7) is 4.23. The monoisotopic (exact) mass is 393 g/mol. The van der Waals surface area contributed by atoms with Gasteiger partial charge in [-0.1, -0.05) is 42.5 Å². The van der Waals surface area contributed by atoms with Crippen LogP contribution in [0.25, 0.3) is 11.0 Å². The van der Waals surface area contributed by atoms with Gasteiger partial charge in [-0.2, -0.15) is 0 Å². The van der Waals surface area contributed by atoms with Gasteiger partial charge >= 0.3 is 5.97 Å². The first kappa shape index (κ1) is 20.6. The summed E-state index contributed by atoms with van der Waals surface area (Å²) >= 11 is 0. The van der Waals surface area contributed by atoms with E-state index < -0.39 is 0 Å². The standard InChI is InChI=1S/C23H27N3O3/c1-17(2)29-23(28)16-26-20-11-7-6-10-19(20)25-21(26)14-15-24-22(27)13-12-18-8-4-3-5-9-18/h3-11,17H,12-16H2,1-2H3,(H,24,27). The van der Waals surface area contributed by atoms with E-state index in [9.17, 15) is 9.59 Å². The number of esters is 1. The Bertz CT molecular complexity index is 964. The number of rotatable bonds is 9. The molecular formula is C23H27N3O3. The van der Waals surface area contributed by atoms with Gasteiger partial charge in [-0.15, -0.1) is 0 Å². The Hall–Kier alpha value is -3.15. The molecule has 2 aromatic carbocycles. The minimum atomic E-state index is -0.295. The number of nitrogens with zero attached hydrogens (tertiary/aromatic N) is 2. The zero-order valence-electron chi connectivity index (χ0n) is 16.9. The van der Waals surface area contributed by atoms with Crippen LogP contribution < -0.4 is 5.32 Å². The Kier molecular flexibility index (Phi) is 7.00. The van der Waals surface area contributed by atoms with Crippen molar-refractivity contribution in [2.24, 2.45) is 0 Å². The van der Waals surface area contributed by atoms with Crippen LogP contribution in [0.2, 0.25) is 0 Å². The minimum Gasteiger partial charge on any atom is -0.462 e. The van der Waals surface area contributed by atoms with E-state index in [0.717, 1.165) is 22.4 Å². The smallest absolute Gasteiger partial charge is 0.326 e. The molecule has 3 rings (SSSR count). The Morgan fingerprint density at radius 1 is 1.03 bits per heavy atom. The van der Waals surface area contributed by atoms with E-state index in [2.05, 4.69) is 10.3 Å². The van der Waals surface area contributed by atoms with Crippen LogP contribution in [-0.2, 0) is 33.7 Å². The number of carbonyl (C=O) groups is 2. The van der Waals surface area contributed by atoms with Gasteiger partial charge in [-0.3, -0.25) is 9.59 Å². The van der Waals surface area contributed by atoms with E-state index >= 15 is 0 Å². The highest BCUT2D eigenvalue weighted by Gasteiger charge is 2.15. The average molecular weight is 393 g/mol. The number of carbonyl (C=O) groups excluding carboxylic acids is 2. The maximum atomic E-state index is 12.2. The first-order valence-electron chi connectivity index (χ1n) is 9.97. The predicted octanol–water partition coefficient (Wildman–Crippen LogP) is 3.28. The molecule has 0 saturated heterocycles. The van der Waals surface area contributed by atoms with Crippen molar-refractivity contribution in [2.75, 3.05) is 6.54 Å². The van der Waals surface area contributed by atoms with E-state index in [0.29, 0.717) is 25.8 Å². The fraction of sp³-hybridized carbons (Fsp3) is 0.348. The molecule has 0 bridgehead atoms. The summed E-state index contributed by atoms with van der Waals surface area (Å²) in [5.41, 5.74) is 2.86. The van der Waals surface area contributed by atoms with Crippen molar-refractivity contribution in [2.45, 2.75) is 45.8 Å². The van der Waals surface area contributed by atoms with E-state index in [4.69, 9.17) is 4.74 Å². The van der Waals surface area contributed by atoms with Crippen molar-refractivity contribution in [1.82, 2.24) is 14.9 Å². The number of fused-ring (bicyclic) bond motifs is 1. The molecule has 152 valence electrons. The molecule has 1 heterocycles. The molecule has 1 N–H and O–H groups in total. The highest BCUT2D eigenvalue weighted by atomic mass is 16.5.